The molecule has 0 radical (unpaired) electrons. The molecule has 0 spiro atoms. The minimum absolute atomic E-state index is 0.663. The van der Waals surface area contributed by atoms with Crippen molar-refractivity contribution in [1.29, 1.82) is 0 Å². The number of aryl methyl sites for hydroxylation is 2. The van der Waals surface area contributed by atoms with Gasteiger partial charge in [0.15, 0.2) is 5.82 Å². The summed E-state index contributed by atoms with van der Waals surface area (Å²) in [6.07, 6.45) is 4.50. The van der Waals surface area contributed by atoms with E-state index in [9.17, 15) is 0 Å². The van der Waals surface area contributed by atoms with E-state index in [0.29, 0.717) is 5.92 Å². The van der Waals surface area contributed by atoms with Crippen molar-refractivity contribution >= 4 is 5.69 Å². The average molecular weight is 231 g/mol. The summed E-state index contributed by atoms with van der Waals surface area (Å²) >= 11 is 0. The highest BCUT2D eigenvalue weighted by molar-refractivity contribution is 5.56. The molecule has 90 valence electrons. The fourth-order valence-corrected chi connectivity index (χ4v) is 2.10. The van der Waals surface area contributed by atoms with E-state index in [-0.39, 0.29) is 0 Å². The fraction of sp³-hybridized carbons (Fsp3) is 0.500. The highest BCUT2D eigenvalue weighted by atomic mass is 15.4. The summed E-state index contributed by atoms with van der Waals surface area (Å²) in [6.45, 7) is 4.78. The SMILES string of the molecule is CCn1nc(C)c(N)c1-n1ccc(C2CC2)n1. The number of nitrogens with zero attached hydrogens (tertiary/aromatic N) is 4. The summed E-state index contributed by atoms with van der Waals surface area (Å²) < 4.78 is 3.75. The predicted octanol–water partition coefficient (Wildman–Crippen LogP) is 1.86. The first-order chi connectivity index (χ1) is 8.20. The van der Waals surface area contributed by atoms with Gasteiger partial charge in [-0.05, 0) is 32.8 Å². The predicted molar refractivity (Wildman–Crippen MR) is 66.1 cm³/mol. The molecule has 2 N–H and O–H groups in total. The Bertz CT molecular complexity index is 547. The molecule has 1 aliphatic rings. The number of rotatable bonds is 3. The molecular formula is C12H17N5. The van der Waals surface area contributed by atoms with Gasteiger partial charge in [0.05, 0.1) is 17.1 Å². The molecule has 2 aromatic rings. The van der Waals surface area contributed by atoms with Crippen molar-refractivity contribution in [3.8, 4) is 5.82 Å². The summed E-state index contributed by atoms with van der Waals surface area (Å²) in [4.78, 5) is 0. The molecule has 1 aliphatic carbocycles. The number of hydrogen-bond donors (Lipinski definition) is 1. The molecule has 0 atom stereocenters. The van der Waals surface area contributed by atoms with Gasteiger partial charge in [-0.3, -0.25) is 0 Å². The zero-order chi connectivity index (χ0) is 12.0. The minimum atomic E-state index is 0.663. The number of aromatic nitrogens is 4. The maximum absolute atomic E-state index is 6.07. The van der Waals surface area contributed by atoms with Crippen molar-refractivity contribution in [3.63, 3.8) is 0 Å². The van der Waals surface area contributed by atoms with Crippen molar-refractivity contribution in [3.05, 3.63) is 23.7 Å². The van der Waals surface area contributed by atoms with E-state index in [2.05, 4.69) is 23.2 Å². The Balaban J connectivity index is 2.06. The lowest BCUT2D eigenvalue weighted by atomic mass is 10.3. The maximum atomic E-state index is 6.07. The molecule has 0 bridgehead atoms. The monoisotopic (exact) mass is 231 g/mol. The molecule has 2 aromatic heterocycles. The second kappa shape index (κ2) is 3.61. The molecule has 5 nitrogen and oxygen atoms in total. The van der Waals surface area contributed by atoms with Crippen LogP contribution in [0.5, 0.6) is 0 Å². The zero-order valence-corrected chi connectivity index (χ0v) is 10.2. The number of anilines is 1. The number of nitrogen functional groups attached to an aromatic ring is 1. The molecular weight excluding hydrogens is 214 g/mol. The Kier molecular flexibility index (Phi) is 2.21. The lowest BCUT2D eigenvalue weighted by molar-refractivity contribution is 0.616. The van der Waals surface area contributed by atoms with Gasteiger partial charge in [-0.2, -0.15) is 10.2 Å². The number of nitrogens with two attached hydrogens (primary N) is 1. The van der Waals surface area contributed by atoms with Crippen LogP contribution in [0.4, 0.5) is 5.69 Å². The molecule has 5 heteroatoms. The van der Waals surface area contributed by atoms with Gasteiger partial charge in [0, 0.05) is 18.7 Å². The van der Waals surface area contributed by atoms with Gasteiger partial charge < -0.3 is 5.73 Å². The Hall–Kier alpha value is -1.78. The van der Waals surface area contributed by atoms with E-state index in [0.717, 1.165) is 23.7 Å². The summed E-state index contributed by atoms with van der Waals surface area (Å²) in [5.74, 6) is 1.55. The van der Waals surface area contributed by atoms with Crippen LogP contribution in [-0.4, -0.2) is 19.6 Å². The van der Waals surface area contributed by atoms with E-state index in [1.54, 1.807) is 0 Å². The zero-order valence-electron chi connectivity index (χ0n) is 10.2. The molecule has 0 amide bonds. The first-order valence-electron chi connectivity index (χ1n) is 6.09. The van der Waals surface area contributed by atoms with Crippen molar-refractivity contribution in [2.24, 2.45) is 0 Å². The molecule has 0 aliphatic heterocycles. The lowest BCUT2D eigenvalue weighted by Crippen LogP contribution is -2.08. The van der Waals surface area contributed by atoms with Gasteiger partial charge in [-0.1, -0.05) is 0 Å². The van der Waals surface area contributed by atoms with Gasteiger partial charge in [0.2, 0.25) is 0 Å². The first-order valence-corrected chi connectivity index (χ1v) is 6.09. The van der Waals surface area contributed by atoms with Gasteiger partial charge in [-0.15, -0.1) is 0 Å². The van der Waals surface area contributed by atoms with Gasteiger partial charge in [0.1, 0.15) is 0 Å². The molecule has 0 aromatic carbocycles. The van der Waals surface area contributed by atoms with Gasteiger partial charge in [0.25, 0.3) is 0 Å². The van der Waals surface area contributed by atoms with E-state index in [1.807, 2.05) is 22.5 Å². The summed E-state index contributed by atoms with van der Waals surface area (Å²) in [5.41, 5.74) is 8.83. The smallest absolute Gasteiger partial charge is 0.175 e. The van der Waals surface area contributed by atoms with Gasteiger partial charge in [-0.25, -0.2) is 9.36 Å². The first kappa shape index (κ1) is 10.4. The van der Waals surface area contributed by atoms with Crippen LogP contribution in [-0.2, 0) is 6.54 Å². The molecule has 3 rings (SSSR count). The Labute approximate surface area is 100 Å². The van der Waals surface area contributed by atoms with E-state index < -0.39 is 0 Å². The third-order valence-electron chi connectivity index (χ3n) is 3.27. The van der Waals surface area contributed by atoms with E-state index in [1.165, 1.54) is 18.5 Å². The van der Waals surface area contributed by atoms with Crippen molar-refractivity contribution in [2.75, 3.05) is 5.73 Å². The van der Waals surface area contributed by atoms with Crippen molar-refractivity contribution in [1.82, 2.24) is 19.6 Å². The van der Waals surface area contributed by atoms with Crippen molar-refractivity contribution in [2.45, 2.75) is 39.2 Å². The lowest BCUT2D eigenvalue weighted by Gasteiger charge is -2.05. The normalized spacial score (nSPS) is 15.4. The Morgan fingerprint density at radius 2 is 2.18 bits per heavy atom. The quantitative estimate of drug-likeness (QED) is 0.877. The minimum Gasteiger partial charge on any atom is -0.394 e. The molecule has 17 heavy (non-hydrogen) atoms. The van der Waals surface area contributed by atoms with Crippen LogP contribution >= 0.6 is 0 Å². The summed E-state index contributed by atoms with van der Waals surface area (Å²) in [5, 5.41) is 9.01. The van der Waals surface area contributed by atoms with Crippen molar-refractivity contribution < 1.29 is 0 Å². The number of hydrogen-bond acceptors (Lipinski definition) is 3. The molecule has 0 saturated heterocycles. The van der Waals surface area contributed by atoms with Crippen LogP contribution in [0.3, 0.4) is 0 Å². The van der Waals surface area contributed by atoms with Crippen LogP contribution in [0.2, 0.25) is 0 Å². The van der Waals surface area contributed by atoms with Crippen LogP contribution in [0.1, 0.15) is 37.1 Å². The second-order valence-corrected chi connectivity index (χ2v) is 4.60. The van der Waals surface area contributed by atoms with E-state index >= 15 is 0 Å². The molecule has 1 saturated carbocycles. The van der Waals surface area contributed by atoms with E-state index in [4.69, 9.17) is 5.73 Å². The molecule has 1 fully saturated rings. The third-order valence-corrected chi connectivity index (χ3v) is 3.27. The average Bonchev–Trinajstić information content (AvgIpc) is 3.00. The van der Waals surface area contributed by atoms with Gasteiger partial charge >= 0.3 is 0 Å². The van der Waals surface area contributed by atoms with Crippen LogP contribution in [0, 0.1) is 6.92 Å². The highest BCUT2D eigenvalue weighted by Gasteiger charge is 2.26. The third kappa shape index (κ3) is 1.62. The molecule has 2 heterocycles. The fourth-order valence-electron chi connectivity index (χ4n) is 2.10. The summed E-state index contributed by atoms with van der Waals surface area (Å²) in [7, 11) is 0. The Morgan fingerprint density at radius 3 is 2.82 bits per heavy atom. The second-order valence-electron chi connectivity index (χ2n) is 4.60. The van der Waals surface area contributed by atoms with Crippen LogP contribution in [0.25, 0.3) is 5.82 Å². The summed E-state index contributed by atoms with van der Waals surface area (Å²) in [6, 6.07) is 2.08. The largest absolute Gasteiger partial charge is 0.394 e. The molecule has 0 unspecified atom stereocenters. The Morgan fingerprint density at radius 1 is 1.41 bits per heavy atom. The highest BCUT2D eigenvalue weighted by Crippen LogP contribution is 2.39. The van der Waals surface area contributed by atoms with Crippen LogP contribution < -0.4 is 5.73 Å². The maximum Gasteiger partial charge on any atom is 0.175 e. The topological polar surface area (TPSA) is 61.7 Å². The van der Waals surface area contributed by atoms with Crippen LogP contribution in [0.15, 0.2) is 12.3 Å². The standard InChI is InChI=1S/C12H17N5/c1-3-16-12(11(13)8(2)14-16)17-7-6-10(15-17)9-4-5-9/h6-7,9H,3-5,13H2,1-2H3.